The number of carboxylic acid groups (broad SMARTS) is 1. The third kappa shape index (κ3) is 3.52. The van der Waals surface area contributed by atoms with Crippen molar-refractivity contribution < 1.29 is 9.90 Å². The van der Waals surface area contributed by atoms with Gasteiger partial charge >= 0.3 is 5.97 Å². The molecule has 0 aliphatic carbocycles. The molecule has 3 aromatic heterocycles. The molecule has 0 spiro atoms. The zero-order valence-corrected chi connectivity index (χ0v) is 20.2. The Labute approximate surface area is 201 Å². The van der Waals surface area contributed by atoms with Gasteiger partial charge in [0.15, 0.2) is 5.82 Å². The van der Waals surface area contributed by atoms with Gasteiger partial charge in [-0.05, 0) is 32.8 Å². The Morgan fingerprint density at radius 2 is 1.85 bits per heavy atom. The molecule has 34 heavy (non-hydrogen) atoms. The molecule has 0 fully saturated rings. The summed E-state index contributed by atoms with van der Waals surface area (Å²) in [6.45, 7) is 7.94. The van der Waals surface area contributed by atoms with Crippen molar-refractivity contribution in [3.05, 3.63) is 76.1 Å². The molecule has 4 heterocycles. The molecule has 4 aromatic rings. The molecular weight excluding hydrogens is 448 g/mol. The molecule has 0 bridgehead atoms. The van der Waals surface area contributed by atoms with Gasteiger partial charge in [-0.1, -0.05) is 31.2 Å². The summed E-state index contributed by atoms with van der Waals surface area (Å²) in [5.74, 6) is -0.316. The van der Waals surface area contributed by atoms with E-state index < -0.39 is 17.9 Å². The summed E-state index contributed by atoms with van der Waals surface area (Å²) in [7, 11) is 0. The number of aliphatic carboxylic acids is 1. The molecule has 0 amide bonds. The topological polar surface area (TPSA) is 106 Å². The van der Waals surface area contributed by atoms with Crippen molar-refractivity contribution in [3.63, 3.8) is 0 Å². The second-order valence-corrected chi connectivity index (χ2v) is 9.55. The van der Waals surface area contributed by atoms with E-state index in [0.29, 0.717) is 12.2 Å². The second kappa shape index (κ2) is 8.57. The number of nitrogens with zero attached hydrogens (tertiary/aromatic N) is 6. The number of fused-ring (bicyclic) bond motifs is 3. The number of aryl methyl sites for hydroxylation is 2. The monoisotopic (exact) mass is 472 g/mol. The highest BCUT2D eigenvalue weighted by Crippen LogP contribution is 2.41. The molecule has 1 aromatic carbocycles. The first-order valence-electron chi connectivity index (χ1n) is 11.1. The van der Waals surface area contributed by atoms with Crippen molar-refractivity contribution in [1.82, 2.24) is 24.7 Å². The highest BCUT2D eigenvalue weighted by Gasteiger charge is 2.37. The number of rotatable bonds is 5. The summed E-state index contributed by atoms with van der Waals surface area (Å²) < 4.78 is 1.99. The maximum Gasteiger partial charge on any atom is 0.309 e. The lowest BCUT2D eigenvalue weighted by Gasteiger charge is -2.18. The Morgan fingerprint density at radius 3 is 2.50 bits per heavy atom. The van der Waals surface area contributed by atoms with Crippen LogP contribution in [0.3, 0.4) is 0 Å². The first-order chi connectivity index (χ1) is 16.4. The Hall–Kier alpha value is -3.72. The maximum absolute atomic E-state index is 12.2. The summed E-state index contributed by atoms with van der Waals surface area (Å²) >= 11 is 1.66. The van der Waals surface area contributed by atoms with Crippen LogP contribution in [0.1, 0.15) is 52.6 Å². The Balaban J connectivity index is 1.73. The molecule has 1 aliphatic rings. The molecule has 1 N–H and O–H groups in total. The Kier molecular flexibility index (Phi) is 5.57. The standard InChI is InChI=1S/C25H24N6O2S/c1-5-18(25(32)33)22-23-30-29-15(4)31(23)24-20(13(2)14(3)34-24)21(28-22)17-8-6-16(7-9-17)19-12-26-10-11-27-19/h6-12,18,22H,5H2,1-4H3,(H,32,33)/t18-,22?/m0/s1. The van der Waals surface area contributed by atoms with Crippen LogP contribution in [-0.2, 0) is 4.79 Å². The zero-order chi connectivity index (χ0) is 24.0. The number of carbonyl (C=O) groups is 1. The first kappa shape index (κ1) is 22.1. The van der Waals surface area contributed by atoms with Gasteiger partial charge < -0.3 is 5.11 Å². The fraction of sp³-hybridized carbons (Fsp3) is 0.280. The number of thiophene rings is 1. The van der Waals surface area contributed by atoms with E-state index in [0.717, 1.165) is 44.5 Å². The van der Waals surface area contributed by atoms with Crippen LogP contribution < -0.4 is 0 Å². The quantitative estimate of drug-likeness (QED) is 0.451. The van der Waals surface area contributed by atoms with Gasteiger partial charge in [0.25, 0.3) is 0 Å². The first-order valence-corrected chi connectivity index (χ1v) is 11.9. The lowest BCUT2D eigenvalue weighted by atomic mass is 9.95. The summed E-state index contributed by atoms with van der Waals surface area (Å²) in [5, 5.41) is 19.7. The summed E-state index contributed by atoms with van der Waals surface area (Å²) in [5.41, 5.74) is 5.55. The van der Waals surface area contributed by atoms with Crippen molar-refractivity contribution in [2.45, 2.75) is 40.2 Å². The van der Waals surface area contributed by atoms with Crippen molar-refractivity contribution in [2.75, 3.05) is 0 Å². The van der Waals surface area contributed by atoms with Crippen LogP contribution in [-0.4, -0.2) is 41.5 Å². The van der Waals surface area contributed by atoms with Gasteiger partial charge in [-0.15, -0.1) is 21.5 Å². The maximum atomic E-state index is 12.2. The SMILES string of the molecule is CC[C@H](C(=O)O)C1N=C(c2ccc(-c3cnccn3)cc2)c2c(sc(C)c2C)-n2c(C)nnc21. The molecule has 172 valence electrons. The number of hydrogen-bond donors (Lipinski definition) is 1. The molecule has 2 atom stereocenters. The average Bonchev–Trinajstić information content (AvgIpc) is 3.31. The van der Waals surface area contributed by atoms with Gasteiger partial charge in [0.05, 0.1) is 23.5 Å². The van der Waals surface area contributed by atoms with Crippen LogP contribution in [0.2, 0.25) is 0 Å². The smallest absolute Gasteiger partial charge is 0.309 e. The van der Waals surface area contributed by atoms with Crippen molar-refractivity contribution in [3.8, 4) is 16.3 Å². The minimum atomic E-state index is -0.890. The zero-order valence-electron chi connectivity index (χ0n) is 19.4. The Morgan fingerprint density at radius 1 is 1.12 bits per heavy atom. The molecule has 9 heteroatoms. The fourth-order valence-electron chi connectivity index (χ4n) is 4.40. The van der Waals surface area contributed by atoms with E-state index >= 15 is 0 Å². The molecule has 1 aliphatic heterocycles. The Bertz CT molecular complexity index is 1410. The van der Waals surface area contributed by atoms with Gasteiger partial charge in [0.1, 0.15) is 16.9 Å². The van der Waals surface area contributed by atoms with Gasteiger partial charge in [-0.3, -0.25) is 24.3 Å². The van der Waals surface area contributed by atoms with Crippen molar-refractivity contribution in [1.29, 1.82) is 0 Å². The van der Waals surface area contributed by atoms with E-state index in [4.69, 9.17) is 4.99 Å². The van der Waals surface area contributed by atoms with Crippen molar-refractivity contribution in [2.24, 2.45) is 10.9 Å². The van der Waals surface area contributed by atoms with Gasteiger partial charge in [-0.25, -0.2) is 0 Å². The third-order valence-electron chi connectivity index (χ3n) is 6.34. The lowest BCUT2D eigenvalue weighted by molar-refractivity contribution is -0.142. The number of hydrogen-bond acceptors (Lipinski definition) is 7. The lowest BCUT2D eigenvalue weighted by Crippen LogP contribution is -2.23. The third-order valence-corrected chi connectivity index (χ3v) is 7.54. The second-order valence-electron chi connectivity index (χ2n) is 8.35. The van der Waals surface area contributed by atoms with Crippen LogP contribution in [0.15, 0.2) is 47.8 Å². The normalized spacial score (nSPS) is 15.8. The minimum absolute atomic E-state index is 0.431. The van der Waals surface area contributed by atoms with Crippen LogP contribution in [0, 0.1) is 26.7 Å². The van der Waals surface area contributed by atoms with Gasteiger partial charge in [0.2, 0.25) is 0 Å². The summed E-state index contributed by atoms with van der Waals surface area (Å²) in [4.78, 5) is 27.0. The predicted octanol–water partition coefficient (Wildman–Crippen LogP) is 4.71. The van der Waals surface area contributed by atoms with Crippen LogP contribution in [0.25, 0.3) is 16.3 Å². The molecular formula is C25H24N6O2S. The van der Waals surface area contributed by atoms with E-state index in [1.807, 2.05) is 42.7 Å². The molecule has 0 saturated carbocycles. The average molecular weight is 473 g/mol. The predicted molar refractivity (Wildman–Crippen MR) is 131 cm³/mol. The number of aromatic nitrogens is 5. The number of carboxylic acids is 1. The van der Waals surface area contributed by atoms with Gasteiger partial charge in [0, 0.05) is 34.0 Å². The molecule has 1 unspecified atom stereocenters. The van der Waals surface area contributed by atoms with E-state index in [9.17, 15) is 9.90 Å². The largest absolute Gasteiger partial charge is 0.481 e. The van der Waals surface area contributed by atoms with Gasteiger partial charge in [-0.2, -0.15) is 0 Å². The van der Waals surface area contributed by atoms with Crippen LogP contribution in [0.4, 0.5) is 0 Å². The summed E-state index contributed by atoms with van der Waals surface area (Å²) in [6.07, 6.45) is 5.47. The molecule has 8 nitrogen and oxygen atoms in total. The minimum Gasteiger partial charge on any atom is -0.481 e. The highest BCUT2D eigenvalue weighted by molar-refractivity contribution is 7.15. The van der Waals surface area contributed by atoms with E-state index in [-0.39, 0.29) is 0 Å². The molecule has 0 radical (unpaired) electrons. The van der Waals surface area contributed by atoms with E-state index in [2.05, 4.69) is 34.0 Å². The highest BCUT2D eigenvalue weighted by atomic mass is 32.1. The van der Waals surface area contributed by atoms with Crippen LogP contribution in [0.5, 0.6) is 0 Å². The van der Waals surface area contributed by atoms with E-state index in [1.54, 1.807) is 29.9 Å². The van der Waals surface area contributed by atoms with Crippen LogP contribution >= 0.6 is 11.3 Å². The summed E-state index contributed by atoms with van der Waals surface area (Å²) in [6, 6.07) is 7.36. The fourth-order valence-corrected chi connectivity index (χ4v) is 5.61. The number of benzene rings is 1. The van der Waals surface area contributed by atoms with Crippen molar-refractivity contribution >= 4 is 23.0 Å². The molecule has 0 saturated heterocycles. The number of aliphatic imine (C=N–C) groups is 1. The van der Waals surface area contributed by atoms with E-state index in [1.165, 1.54) is 4.88 Å². The molecule has 5 rings (SSSR count).